The van der Waals surface area contributed by atoms with Crippen molar-refractivity contribution in [2.75, 3.05) is 11.9 Å². The number of benzene rings is 1. The predicted molar refractivity (Wildman–Crippen MR) is 107 cm³/mol. The minimum Gasteiger partial charge on any atom is -0.487 e. The van der Waals surface area contributed by atoms with Crippen LogP contribution in [0.4, 0.5) is 10.5 Å². The monoisotopic (exact) mass is 376 g/mol. The second-order valence-electron chi connectivity index (χ2n) is 8.77. The number of fused-ring (bicyclic) bond motifs is 3. The van der Waals surface area contributed by atoms with Crippen LogP contribution in [0.15, 0.2) is 6.07 Å². The Bertz CT molecular complexity index is 780. The van der Waals surface area contributed by atoms with Crippen LogP contribution in [0.2, 0.25) is 0 Å². The first-order valence-electron chi connectivity index (χ1n) is 9.04. The molecule has 1 aromatic carbocycles. The zero-order valence-electron chi connectivity index (χ0n) is 16.6. The predicted octanol–water partition coefficient (Wildman–Crippen LogP) is 4.41. The lowest BCUT2D eigenvalue weighted by Crippen LogP contribution is -2.39. The number of ether oxygens (including phenoxy) is 2. The van der Waals surface area contributed by atoms with Crippen LogP contribution < -0.4 is 15.4 Å². The lowest BCUT2D eigenvalue weighted by atomic mass is 9.82. The van der Waals surface area contributed by atoms with Crippen molar-refractivity contribution in [2.24, 2.45) is 0 Å². The average molecular weight is 377 g/mol. The van der Waals surface area contributed by atoms with Gasteiger partial charge in [-0.15, -0.1) is 0 Å². The topological polar surface area (TPSA) is 59.6 Å². The molecule has 2 atom stereocenters. The summed E-state index contributed by atoms with van der Waals surface area (Å²) in [6.45, 7) is 14.4. The maximum Gasteiger partial charge on any atom is 0.407 e. The van der Waals surface area contributed by atoms with Gasteiger partial charge in [0.1, 0.15) is 17.5 Å². The summed E-state index contributed by atoms with van der Waals surface area (Å²) in [5.41, 5.74) is 3.75. The number of anilines is 1. The summed E-state index contributed by atoms with van der Waals surface area (Å²) in [5.74, 6) is 1.08. The third kappa shape index (κ3) is 3.15. The molecule has 2 heterocycles. The Balaban J connectivity index is 1.82. The number of nitrogens with one attached hydrogen (secondary N) is 2. The normalized spacial score (nSPS) is 23.0. The molecular formula is C20H28N2O3S. The standard InChI is InChI=1S/C20H28N2O3S/c1-10-8-12-11(2)13(9-21-18(23)25-19(3,4)5)24-16(12)14-15(10)22-17(26)20(14,6)7/h8,11,13H,9H2,1-7H3,(H,21,23)(H,22,26)/t11-,13+/m1/s1. The molecule has 2 N–H and O–H groups in total. The molecule has 0 aromatic heterocycles. The molecule has 142 valence electrons. The maximum absolute atomic E-state index is 12.0. The van der Waals surface area contributed by atoms with E-state index in [0.29, 0.717) is 6.54 Å². The number of amides is 1. The maximum atomic E-state index is 12.0. The van der Waals surface area contributed by atoms with Crippen LogP contribution in [-0.2, 0) is 10.2 Å². The molecule has 0 fully saturated rings. The van der Waals surface area contributed by atoms with Crippen molar-refractivity contribution in [3.8, 4) is 5.75 Å². The van der Waals surface area contributed by atoms with Gasteiger partial charge >= 0.3 is 6.09 Å². The van der Waals surface area contributed by atoms with Gasteiger partial charge in [-0.2, -0.15) is 0 Å². The summed E-state index contributed by atoms with van der Waals surface area (Å²) in [7, 11) is 0. The molecule has 2 aliphatic rings. The van der Waals surface area contributed by atoms with Gasteiger partial charge in [0.25, 0.3) is 0 Å². The molecule has 0 saturated heterocycles. The van der Waals surface area contributed by atoms with Gasteiger partial charge in [-0.25, -0.2) is 4.79 Å². The average Bonchev–Trinajstić information content (AvgIpc) is 2.92. The fourth-order valence-electron chi connectivity index (χ4n) is 3.60. The number of carbonyl (C=O) groups excluding carboxylic acids is 1. The van der Waals surface area contributed by atoms with Gasteiger partial charge in [-0.3, -0.25) is 0 Å². The highest BCUT2D eigenvalue weighted by atomic mass is 32.1. The van der Waals surface area contributed by atoms with E-state index in [0.717, 1.165) is 22.0 Å². The van der Waals surface area contributed by atoms with E-state index in [1.54, 1.807) is 0 Å². The number of rotatable bonds is 2. The lowest BCUT2D eigenvalue weighted by molar-refractivity contribution is 0.0502. The van der Waals surface area contributed by atoms with Crippen LogP contribution in [0, 0.1) is 6.92 Å². The number of alkyl carbamates (subject to hydrolysis) is 1. The molecule has 5 nitrogen and oxygen atoms in total. The van der Waals surface area contributed by atoms with Crippen LogP contribution in [-0.4, -0.2) is 29.3 Å². The summed E-state index contributed by atoms with van der Waals surface area (Å²) >= 11 is 5.55. The van der Waals surface area contributed by atoms with Gasteiger partial charge in [0.2, 0.25) is 0 Å². The quantitative estimate of drug-likeness (QED) is 0.749. The number of thiocarbonyl (C=S) groups is 1. The van der Waals surface area contributed by atoms with Crippen LogP contribution in [0.3, 0.4) is 0 Å². The fourth-order valence-corrected chi connectivity index (χ4v) is 3.81. The van der Waals surface area contributed by atoms with Gasteiger partial charge in [0.15, 0.2) is 0 Å². The molecule has 1 aromatic rings. The van der Waals surface area contributed by atoms with E-state index in [4.69, 9.17) is 21.7 Å². The fraction of sp³-hybridized carbons (Fsp3) is 0.600. The molecule has 6 heteroatoms. The van der Waals surface area contributed by atoms with Crippen LogP contribution in [0.1, 0.15) is 64.2 Å². The molecule has 1 amide bonds. The number of hydrogen-bond acceptors (Lipinski definition) is 4. The van der Waals surface area contributed by atoms with Crippen LogP contribution in [0.5, 0.6) is 5.75 Å². The van der Waals surface area contributed by atoms with E-state index < -0.39 is 11.7 Å². The highest BCUT2D eigenvalue weighted by Gasteiger charge is 2.44. The zero-order chi connectivity index (χ0) is 19.4. The van der Waals surface area contributed by atoms with Crippen LogP contribution >= 0.6 is 12.2 Å². The van der Waals surface area contributed by atoms with Crippen molar-refractivity contribution >= 4 is 29.0 Å². The number of carbonyl (C=O) groups is 1. The third-order valence-corrected chi connectivity index (χ3v) is 5.71. The Morgan fingerprint density at radius 1 is 1.42 bits per heavy atom. The van der Waals surface area contributed by atoms with Gasteiger partial charge in [0, 0.05) is 28.1 Å². The highest BCUT2D eigenvalue weighted by Crippen LogP contribution is 2.52. The molecule has 0 spiro atoms. The molecule has 3 rings (SSSR count). The van der Waals surface area contributed by atoms with Gasteiger partial charge in [-0.1, -0.05) is 19.1 Å². The van der Waals surface area contributed by atoms with E-state index in [9.17, 15) is 4.79 Å². The minimum absolute atomic E-state index is 0.131. The minimum atomic E-state index is -0.515. The molecule has 26 heavy (non-hydrogen) atoms. The Labute approximate surface area is 160 Å². The molecule has 0 saturated carbocycles. The van der Waals surface area contributed by atoms with Gasteiger partial charge < -0.3 is 20.1 Å². The summed E-state index contributed by atoms with van der Waals surface area (Å²) in [6.07, 6.45) is -0.553. The number of aryl methyl sites for hydroxylation is 1. The first-order valence-corrected chi connectivity index (χ1v) is 9.45. The highest BCUT2D eigenvalue weighted by molar-refractivity contribution is 7.80. The first kappa shape index (κ1) is 19.0. The smallest absolute Gasteiger partial charge is 0.407 e. The molecule has 0 radical (unpaired) electrons. The molecule has 0 aliphatic carbocycles. The summed E-state index contributed by atoms with van der Waals surface area (Å²) in [5, 5.41) is 6.18. The zero-order valence-corrected chi connectivity index (χ0v) is 17.4. The van der Waals surface area contributed by atoms with Crippen molar-refractivity contribution < 1.29 is 14.3 Å². The van der Waals surface area contributed by atoms with Crippen molar-refractivity contribution in [3.63, 3.8) is 0 Å². The second-order valence-corrected chi connectivity index (χ2v) is 9.18. The van der Waals surface area contributed by atoms with Crippen molar-refractivity contribution in [3.05, 3.63) is 22.8 Å². The molecule has 2 aliphatic heterocycles. The number of hydrogen-bond donors (Lipinski definition) is 2. The van der Waals surface area contributed by atoms with Crippen molar-refractivity contribution in [1.29, 1.82) is 0 Å². The van der Waals surface area contributed by atoms with E-state index in [-0.39, 0.29) is 17.4 Å². The Morgan fingerprint density at radius 3 is 2.69 bits per heavy atom. The molecular weight excluding hydrogens is 348 g/mol. The van der Waals surface area contributed by atoms with E-state index in [1.165, 1.54) is 11.1 Å². The summed E-state index contributed by atoms with van der Waals surface area (Å²) in [6, 6.07) is 2.17. The summed E-state index contributed by atoms with van der Waals surface area (Å²) < 4.78 is 11.6. The SMILES string of the molecule is Cc1cc2c(c3c1NC(=S)C3(C)C)O[C@@H](CNC(=O)OC(C)(C)C)[C@@H]2C. The van der Waals surface area contributed by atoms with E-state index in [1.807, 2.05) is 20.8 Å². The van der Waals surface area contributed by atoms with Gasteiger partial charge in [-0.05, 0) is 53.2 Å². The second kappa shape index (κ2) is 6.12. The third-order valence-electron chi connectivity index (χ3n) is 5.10. The Morgan fingerprint density at radius 2 is 2.08 bits per heavy atom. The Kier molecular flexibility index (Phi) is 4.46. The largest absolute Gasteiger partial charge is 0.487 e. The Hall–Kier alpha value is -1.82. The molecule has 0 unspecified atom stereocenters. The van der Waals surface area contributed by atoms with Gasteiger partial charge in [0.05, 0.1) is 11.5 Å². The molecule has 0 bridgehead atoms. The van der Waals surface area contributed by atoms with Crippen molar-refractivity contribution in [1.82, 2.24) is 5.32 Å². The lowest BCUT2D eigenvalue weighted by Gasteiger charge is -2.22. The first-order chi connectivity index (χ1) is 11.9. The van der Waals surface area contributed by atoms with E-state index >= 15 is 0 Å². The van der Waals surface area contributed by atoms with E-state index in [2.05, 4.69) is 44.4 Å². The van der Waals surface area contributed by atoms with Crippen molar-refractivity contribution in [2.45, 2.75) is 71.5 Å². The van der Waals surface area contributed by atoms with Crippen LogP contribution in [0.25, 0.3) is 0 Å². The summed E-state index contributed by atoms with van der Waals surface area (Å²) in [4.78, 5) is 12.8.